The number of benzene rings is 1. The summed E-state index contributed by atoms with van der Waals surface area (Å²) in [5.74, 6) is 0.390. The van der Waals surface area contributed by atoms with Gasteiger partial charge in [0.1, 0.15) is 0 Å². The minimum Gasteiger partial charge on any atom is -0.337 e. The summed E-state index contributed by atoms with van der Waals surface area (Å²) >= 11 is 5.48. The van der Waals surface area contributed by atoms with Gasteiger partial charge in [-0.05, 0) is 12.1 Å². The molecule has 0 radical (unpaired) electrons. The Morgan fingerprint density at radius 3 is 2.79 bits per heavy atom. The number of para-hydroxylation sites is 1. The maximum atomic E-state index is 11.9. The summed E-state index contributed by atoms with van der Waals surface area (Å²) in [7, 11) is 0. The largest absolute Gasteiger partial charge is 0.337 e. The van der Waals surface area contributed by atoms with Crippen molar-refractivity contribution in [2.24, 2.45) is 0 Å². The molecule has 6 heteroatoms. The van der Waals surface area contributed by atoms with Gasteiger partial charge in [-0.2, -0.15) is 0 Å². The van der Waals surface area contributed by atoms with Crippen molar-refractivity contribution >= 4 is 29.2 Å². The number of nitrogens with zero attached hydrogens (tertiary/aromatic N) is 1. The van der Waals surface area contributed by atoms with Gasteiger partial charge in [-0.15, -0.1) is 11.6 Å². The topological polar surface area (TPSA) is 61.4 Å². The Labute approximate surface area is 116 Å². The highest BCUT2D eigenvalue weighted by molar-refractivity contribution is 6.18. The van der Waals surface area contributed by atoms with Crippen molar-refractivity contribution in [2.45, 2.75) is 12.5 Å². The second kappa shape index (κ2) is 6.43. The minimum atomic E-state index is -0.284. The summed E-state index contributed by atoms with van der Waals surface area (Å²) in [6, 6.07) is 8.99. The lowest BCUT2D eigenvalue weighted by atomic mass is 10.2. The van der Waals surface area contributed by atoms with E-state index in [0.29, 0.717) is 25.4 Å². The van der Waals surface area contributed by atoms with E-state index in [9.17, 15) is 9.59 Å². The molecule has 0 aromatic heterocycles. The van der Waals surface area contributed by atoms with E-state index in [1.165, 1.54) is 0 Å². The molecule has 3 amide bonds. The first-order valence-corrected chi connectivity index (χ1v) is 6.70. The molecule has 0 saturated carbocycles. The molecule has 1 heterocycles. The molecule has 102 valence electrons. The average molecular weight is 282 g/mol. The molecule has 1 fully saturated rings. The van der Waals surface area contributed by atoms with Crippen LogP contribution in [0.25, 0.3) is 0 Å². The van der Waals surface area contributed by atoms with E-state index in [1.807, 2.05) is 30.3 Å². The van der Waals surface area contributed by atoms with Crippen molar-refractivity contribution in [3.63, 3.8) is 0 Å². The molecule has 1 aromatic rings. The first-order valence-electron chi connectivity index (χ1n) is 6.16. The van der Waals surface area contributed by atoms with Gasteiger partial charge in [0.2, 0.25) is 5.91 Å². The summed E-state index contributed by atoms with van der Waals surface area (Å²) in [6.07, 6.45) is 0.323. The fourth-order valence-corrected chi connectivity index (χ4v) is 2.15. The predicted molar refractivity (Wildman–Crippen MR) is 74.5 cm³/mol. The van der Waals surface area contributed by atoms with Crippen LogP contribution in [0.3, 0.4) is 0 Å². The fraction of sp³-hybridized carbons (Fsp3) is 0.385. The van der Waals surface area contributed by atoms with Crippen LogP contribution in [0.4, 0.5) is 10.5 Å². The normalized spacial score (nSPS) is 18.5. The highest BCUT2D eigenvalue weighted by Gasteiger charge is 2.31. The van der Waals surface area contributed by atoms with Gasteiger partial charge in [0.25, 0.3) is 0 Å². The molecule has 1 atom stereocenters. The van der Waals surface area contributed by atoms with Crippen LogP contribution >= 0.6 is 11.6 Å². The Kier molecular flexibility index (Phi) is 4.63. The lowest BCUT2D eigenvalue weighted by molar-refractivity contribution is -0.117. The second-order valence-corrected chi connectivity index (χ2v) is 4.71. The van der Waals surface area contributed by atoms with Crippen molar-refractivity contribution < 1.29 is 9.59 Å². The summed E-state index contributed by atoms with van der Waals surface area (Å²) in [6.45, 7) is 0.910. The predicted octanol–water partition coefficient (Wildman–Crippen LogP) is 1.33. The monoisotopic (exact) mass is 281 g/mol. The molecule has 0 spiro atoms. The van der Waals surface area contributed by atoms with Crippen molar-refractivity contribution in [1.82, 2.24) is 10.6 Å². The van der Waals surface area contributed by atoms with E-state index in [-0.39, 0.29) is 18.0 Å². The molecular formula is C13H16ClN3O2. The van der Waals surface area contributed by atoms with Gasteiger partial charge in [0.05, 0.1) is 6.04 Å². The molecule has 1 saturated heterocycles. The standard InChI is InChI=1S/C13H16ClN3O2/c14-6-7-15-13(19)16-10-8-12(18)17(9-10)11-4-2-1-3-5-11/h1-5,10H,6-9H2,(H2,15,16,19). The van der Waals surface area contributed by atoms with Crippen LogP contribution in [0.2, 0.25) is 0 Å². The third kappa shape index (κ3) is 3.61. The zero-order valence-corrected chi connectivity index (χ0v) is 11.2. The number of anilines is 1. The first kappa shape index (κ1) is 13.7. The number of rotatable bonds is 4. The van der Waals surface area contributed by atoms with Crippen LogP contribution in [-0.2, 0) is 4.79 Å². The van der Waals surface area contributed by atoms with Crippen molar-refractivity contribution in [2.75, 3.05) is 23.9 Å². The molecule has 5 nitrogen and oxygen atoms in total. The van der Waals surface area contributed by atoms with Crippen LogP contribution in [0.15, 0.2) is 30.3 Å². The Bertz CT molecular complexity index is 452. The summed E-state index contributed by atoms with van der Waals surface area (Å²) in [5.41, 5.74) is 0.859. The number of nitrogens with one attached hydrogen (secondary N) is 2. The summed E-state index contributed by atoms with van der Waals surface area (Å²) in [4.78, 5) is 25.1. The average Bonchev–Trinajstić information content (AvgIpc) is 2.78. The van der Waals surface area contributed by atoms with Gasteiger partial charge in [0, 0.05) is 31.1 Å². The molecule has 2 rings (SSSR count). The van der Waals surface area contributed by atoms with Crippen LogP contribution in [-0.4, -0.2) is 36.9 Å². The van der Waals surface area contributed by atoms with Gasteiger partial charge in [0.15, 0.2) is 0 Å². The summed E-state index contributed by atoms with van der Waals surface area (Å²) in [5, 5.41) is 5.39. The van der Waals surface area contributed by atoms with Crippen LogP contribution < -0.4 is 15.5 Å². The molecule has 1 aliphatic rings. The van der Waals surface area contributed by atoms with Crippen molar-refractivity contribution in [3.05, 3.63) is 30.3 Å². The molecule has 1 aliphatic heterocycles. The second-order valence-electron chi connectivity index (χ2n) is 4.33. The van der Waals surface area contributed by atoms with Crippen molar-refractivity contribution in [3.8, 4) is 0 Å². The maximum Gasteiger partial charge on any atom is 0.315 e. The van der Waals surface area contributed by atoms with Gasteiger partial charge < -0.3 is 15.5 Å². The fourth-order valence-electron chi connectivity index (χ4n) is 2.06. The van der Waals surface area contributed by atoms with Gasteiger partial charge in [-0.1, -0.05) is 18.2 Å². The van der Waals surface area contributed by atoms with E-state index in [0.717, 1.165) is 5.69 Å². The molecule has 1 unspecified atom stereocenters. The highest BCUT2D eigenvalue weighted by atomic mass is 35.5. The molecular weight excluding hydrogens is 266 g/mol. The SMILES string of the molecule is O=C(NCCCl)NC1CC(=O)N(c2ccccc2)C1. The number of hydrogen-bond acceptors (Lipinski definition) is 2. The van der Waals surface area contributed by atoms with E-state index >= 15 is 0 Å². The number of halogens is 1. The highest BCUT2D eigenvalue weighted by Crippen LogP contribution is 2.20. The van der Waals surface area contributed by atoms with Gasteiger partial charge in [-0.25, -0.2) is 4.79 Å². The number of alkyl halides is 1. The Balaban J connectivity index is 1.91. The minimum absolute atomic E-state index is 0.0221. The number of amides is 3. The first-order chi connectivity index (χ1) is 9.20. The van der Waals surface area contributed by atoms with Gasteiger partial charge >= 0.3 is 6.03 Å². The van der Waals surface area contributed by atoms with E-state index < -0.39 is 0 Å². The van der Waals surface area contributed by atoms with Crippen LogP contribution in [0.5, 0.6) is 0 Å². The van der Waals surface area contributed by atoms with Crippen LogP contribution in [0, 0.1) is 0 Å². The Hall–Kier alpha value is -1.75. The summed E-state index contributed by atoms with van der Waals surface area (Å²) < 4.78 is 0. The third-order valence-electron chi connectivity index (χ3n) is 2.91. The third-order valence-corrected chi connectivity index (χ3v) is 3.10. The zero-order chi connectivity index (χ0) is 13.7. The smallest absolute Gasteiger partial charge is 0.315 e. The number of carbonyl (C=O) groups excluding carboxylic acids is 2. The molecule has 1 aromatic carbocycles. The van der Waals surface area contributed by atoms with E-state index in [1.54, 1.807) is 4.90 Å². The van der Waals surface area contributed by atoms with E-state index in [2.05, 4.69) is 10.6 Å². The molecule has 0 aliphatic carbocycles. The molecule has 0 bridgehead atoms. The zero-order valence-electron chi connectivity index (χ0n) is 10.4. The van der Waals surface area contributed by atoms with Crippen LogP contribution in [0.1, 0.15) is 6.42 Å². The van der Waals surface area contributed by atoms with Gasteiger partial charge in [-0.3, -0.25) is 4.79 Å². The quantitative estimate of drug-likeness (QED) is 0.818. The van der Waals surface area contributed by atoms with E-state index in [4.69, 9.17) is 11.6 Å². The Morgan fingerprint density at radius 1 is 1.37 bits per heavy atom. The Morgan fingerprint density at radius 2 is 2.11 bits per heavy atom. The molecule has 2 N–H and O–H groups in total. The number of urea groups is 1. The lowest BCUT2D eigenvalue weighted by Gasteiger charge is -2.17. The molecule has 19 heavy (non-hydrogen) atoms. The van der Waals surface area contributed by atoms with Crippen molar-refractivity contribution in [1.29, 1.82) is 0 Å². The number of carbonyl (C=O) groups is 2. The number of hydrogen-bond donors (Lipinski definition) is 2. The maximum absolute atomic E-state index is 11.9. The lowest BCUT2D eigenvalue weighted by Crippen LogP contribution is -2.43.